The molecule has 3 aromatic heterocycles. The molecule has 0 unspecified atom stereocenters. The molecule has 4 N–H and O–H groups in total. The molecule has 5 aromatic rings. The summed E-state index contributed by atoms with van der Waals surface area (Å²) in [6.07, 6.45) is 2.32. The van der Waals surface area contributed by atoms with Crippen molar-refractivity contribution in [3.8, 4) is 28.3 Å². The number of amides is 1. The van der Waals surface area contributed by atoms with Crippen molar-refractivity contribution in [3.63, 3.8) is 0 Å². The van der Waals surface area contributed by atoms with Crippen LogP contribution in [-0.4, -0.2) is 54.8 Å². The highest BCUT2D eigenvalue weighted by Gasteiger charge is 2.21. The van der Waals surface area contributed by atoms with E-state index in [0.29, 0.717) is 22.3 Å². The monoisotopic (exact) mass is 553 g/mol. The van der Waals surface area contributed by atoms with Crippen LogP contribution in [0, 0.1) is 0 Å². The molecule has 4 heterocycles. The van der Waals surface area contributed by atoms with E-state index in [1.54, 1.807) is 6.20 Å². The van der Waals surface area contributed by atoms with Crippen molar-refractivity contribution < 1.29 is 9.90 Å². The van der Waals surface area contributed by atoms with Crippen molar-refractivity contribution in [1.82, 2.24) is 29.7 Å². The average Bonchev–Trinajstić information content (AvgIpc) is 3.33. The van der Waals surface area contributed by atoms with E-state index in [1.807, 2.05) is 53.1 Å². The molecular formula is C30H28ClN7O2. The standard InChI is InChI=1S/C30H28ClN7O2/c31-21-4-1-3-20(17-21)25-10-11-26-29(35-25)38(28(36-26)24-5-2-14-33-27(24)32)23-8-6-19(7-9-23)18-37-15-12-22(13-16-37)34-30(39)40/h1-11,14,17,22,34H,12-13,15-16,18H2,(H2,32,33)(H,39,40). The molecule has 2 aromatic carbocycles. The highest BCUT2D eigenvalue weighted by molar-refractivity contribution is 6.30. The Balaban J connectivity index is 1.35. The zero-order valence-electron chi connectivity index (χ0n) is 21.7. The van der Waals surface area contributed by atoms with Gasteiger partial charge in [-0.2, -0.15) is 0 Å². The minimum atomic E-state index is -0.956. The Bertz CT molecular complexity index is 1680. The number of benzene rings is 2. The van der Waals surface area contributed by atoms with Gasteiger partial charge < -0.3 is 16.2 Å². The van der Waals surface area contributed by atoms with Crippen molar-refractivity contribution >= 4 is 34.7 Å². The van der Waals surface area contributed by atoms with Crippen LogP contribution in [0.25, 0.3) is 39.5 Å². The molecule has 202 valence electrons. The zero-order chi connectivity index (χ0) is 27.6. The van der Waals surface area contributed by atoms with E-state index in [0.717, 1.165) is 60.5 Å². The number of pyridine rings is 2. The molecule has 6 rings (SSSR count). The summed E-state index contributed by atoms with van der Waals surface area (Å²) in [6, 6.07) is 23.7. The second kappa shape index (κ2) is 11.0. The maximum atomic E-state index is 10.9. The van der Waals surface area contributed by atoms with Crippen molar-refractivity contribution in [2.24, 2.45) is 0 Å². The van der Waals surface area contributed by atoms with E-state index >= 15 is 0 Å². The predicted octanol–water partition coefficient (Wildman–Crippen LogP) is 5.62. The summed E-state index contributed by atoms with van der Waals surface area (Å²) in [5.41, 5.74) is 12.2. The normalized spacial score (nSPS) is 14.4. The highest BCUT2D eigenvalue weighted by atomic mass is 35.5. The van der Waals surface area contributed by atoms with Gasteiger partial charge in [-0.1, -0.05) is 35.9 Å². The summed E-state index contributed by atoms with van der Waals surface area (Å²) in [7, 11) is 0. The lowest BCUT2D eigenvalue weighted by Crippen LogP contribution is -2.43. The fourth-order valence-corrected chi connectivity index (χ4v) is 5.41. The summed E-state index contributed by atoms with van der Waals surface area (Å²) < 4.78 is 2.02. The Kier molecular flexibility index (Phi) is 7.06. The SMILES string of the molecule is Nc1ncccc1-c1nc2ccc(-c3cccc(Cl)c3)nc2n1-c1ccc(CN2CCC(NC(=O)O)CC2)cc1. The third kappa shape index (κ3) is 5.34. The highest BCUT2D eigenvalue weighted by Crippen LogP contribution is 2.32. The number of nitrogens with zero attached hydrogens (tertiary/aromatic N) is 5. The van der Waals surface area contributed by atoms with Gasteiger partial charge in [0.15, 0.2) is 11.5 Å². The number of anilines is 1. The molecule has 0 saturated carbocycles. The molecule has 0 radical (unpaired) electrons. The van der Waals surface area contributed by atoms with E-state index in [1.165, 1.54) is 5.56 Å². The van der Waals surface area contributed by atoms with Crippen LogP contribution in [-0.2, 0) is 6.54 Å². The van der Waals surface area contributed by atoms with E-state index in [2.05, 4.69) is 39.5 Å². The lowest BCUT2D eigenvalue weighted by atomic mass is 10.0. The molecule has 10 heteroatoms. The number of halogens is 1. The molecular weight excluding hydrogens is 526 g/mol. The number of piperidine rings is 1. The first-order chi connectivity index (χ1) is 19.4. The van der Waals surface area contributed by atoms with Crippen molar-refractivity contribution in [2.75, 3.05) is 18.8 Å². The summed E-state index contributed by atoms with van der Waals surface area (Å²) in [5, 5.41) is 12.2. The molecule has 9 nitrogen and oxygen atoms in total. The first-order valence-electron chi connectivity index (χ1n) is 13.1. The minimum absolute atomic E-state index is 0.0216. The topological polar surface area (TPSA) is 122 Å². The Morgan fingerprint density at radius 3 is 2.55 bits per heavy atom. The molecule has 1 aliphatic heterocycles. The Labute approximate surface area is 236 Å². The van der Waals surface area contributed by atoms with Gasteiger partial charge in [0.1, 0.15) is 11.3 Å². The lowest BCUT2D eigenvalue weighted by Gasteiger charge is -2.31. The number of imidazole rings is 1. The van der Waals surface area contributed by atoms with Crippen LogP contribution in [0.3, 0.4) is 0 Å². The van der Waals surface area contributed by atoms with Gasteiger partial charge in [0.2, 0.25) is 0 Å². The number of hydrogen-bond donors (Lipinski definition) is 3. The van der Waals surface area contributed by atoms with Crippen LogP contribution in [0.15, 0.2) is 79.0 Å². The maximum Gasteiger partial charge on any atom is 0.404 e. The summed E-state index contributed by atoms with van der Waals surface area (Å²) in [6.45, 7) is 2.49. The van der Waals surface area contributed by atoms with Crippen LogP contribution >= 0.6 is 11.6 Å². The number of nitrogens with two attached hydrogens (primary N) is 1. The lowest BCUT2D eigenvalue weighted by molar-refractivity contribution is 0.165. The molecule has 1 amide bonds. The van der Waals surface area contributed by atoms with Gasteiger partial charge in [-0.15, -0.1) is 0 Å². The number of likely N-dealkylation sites (tertiary alicyclic amines) is 1. The smallest absolute Gasteiger partial charge is 0.404 e. The van der Waals surface area contributed by atoms with Crippen LogP contribution in [0.1, 0.15) is 18.4 Å². The number of fused-ring (bicyclic) bond motifs is 1. The quantitative estimate of drug-likeness (QED) is 0.249. The van der Waals surface area contributed by atoms with Crippen LogP contribution < -0.4 is 11.1 Å². The third-order valence-electron chi connectivity index (χ3n) is 7.22. The van der Waals surface area contributed by atoms with Crippen molar-refractivity contribution in [2.45, 2.75) is 25.4 Å². The number of hydrogen-bond acceptors (Lipinski definition) is 6. The molecule has 0 spiro atoms. The molecule has 1 aliphatic rings. The Morgan fingerprint density at radius 2 is 1.82 bits per heavy atom. The van der Waals surface area contributed by atoms with Crippen molar-refractivity contribution in [1.29, 1.82) is 0 Å². The zero-order valence-corrected chi connectivity index (χ0v) is 22.4. The number of aromatic nitrogens is 4. The Hall–Kier alpha value is -4.47. The second-order valence-electron chi connectivity index (χ2n) is 9.92. The molecule has 1 fully saturated rings. The predicted molar refractivity (Wildman–Crippen MR) is 156 cm³/mol. The first kappa shape index (κ1) is 25.8. The van der Waals surface area contributed by atoms with Crippen LogP contribution in [0.5, 0.6) is 0 Å². The molecule has 1 saturated heterocycles. The maximum absolute atomic E-state index is 10.9. The van der Waals surface area contributed by atoms with Crippen LogP contribution in [0.2, 0.25) is 5.02 Å². The number of rotatable bonds is 6. The van der Waals surface area contributed by atoms with E-state index < -0.39 is 6.09 Å². The van der Waals surface area contributed by atoms with Gasteiger partial charge in [-0.3, -0.25) is 9.47 Å². The van der Waals surface area contributed by atoms with Gasteiger partial charge >= 0.3 is 6.09 Å². The van der Waals surface area contributed by atoms with Gasteiger partial charge in [0.25, 0.3) is 0 Å². The summed E-state index contributed by atoms with van der Waals surface area (Å²) >= 11 is 6.26. The largest absolute Gasteiger partial charge is 0.465 e. The number of carbonyl (C=O) groups is 1. The van der Waals surface area contributed by atoms with Gasteiger partial charge in [0, 0.05) is 48.1 Å². The average molecular weight is 554 g/mol. The fraction of sp³-hybridized carbons (Fsp3) is 0.200. The van der Waals surface area contributed by atoms with Gasteiger partial charge in [-0.05, 0) is 66.9 Å². The minimum Gasteiger partial charge on any atom is -0.465 e. The first-order valence-corrected chi connectivity index (χ1v) is 13.5. The van der Waals surface area contributed by atoms with Gasteiger partial charge in [-0.25, -0.2) is 19.7 Å². The summed E-state index contributed by atoms with van der Waals surface area (Å²) in [5.74, 6) is 1.06. The summed E-state index contributed by atoms with van der Waals surface area (Å²) in [4.78, 5) is 27.5. The molecule has 40 heavy (non-hydrogen) atoms. The Morgan fingerprint density at radius 1 is 1.02 bits per heavy atom. The number of carboxylic acid groups (broad SMARTS) is 1. The second-order valence-corrected chi connectivity index (χ2v) is 10.4. The van der Waals surface area contributed by atoms with E-state index in [-0.39, 0.29) is 6.04 Å². The van der Waals surface area contributed by atoms with Crippen LogP contribution in [0.4, 0.5) is 10.6 Å². The van der Waals surface area contributed by atoms with E-state index in [4.69, 9.17) is 32.4 Å². The number of nitrogen functional groups attached to an aromatic ring is 1. The molecule has 0 bridgehead atoms. The third-order valence-corrected chi connectivity index (χ3v) is 7.46. The number of nitrogens with one attached hydrogen (secondary N) is 1. The fourth-order valence-electron chi connectivity index (χ4n) is 5.22. The van der Waals surface area contributed by atoms with Crippen molar-refractivity contribution in [3.05, 3.63) is 89.6 Å². The van der Waals surface area contributed by atoms with Gasteiger partial charge in [0.05, 0.1) is 11.3 Å². The van der Waals surface area contributed by atoms with E-state index in [9.17, 15) is 4.79 Å². The molecule has 0 atom stereocenters. The molecule has 0 aliphatic carbocycles.